The van der Waals surface area contributed by atoms with Gasteiger partial charge < -0.3 is 14.4 Å². The number of ether oxygens (including phenoxy) is 2. The largest absolute Gasteiger partial charge is 0.383 e. The Morgan fingerprint density at radius 1 is 1.17 bits per heavy atom. The van der Waals surface area contributed by atoms with Crippen molar-refractivity contribution in [2.45, 2.75) is 56.2 Å². The van der Waals surface area contributed by atoms with Crippen molar-refractivity contribution in [1.29, 1.82) is 0 Å². The molecular formula is C26H32Cl2FNO5S. The van der Waals surface area contributed by atoms with Gasteiger partial charge in [0.2, 0.25) is 5.91 Å². The number of benzene rings is 2. The van der Waals surface area contributed by atoms with E-state index in [0.29, 0.717) is 5.02 Å². The molecule has 2 aromatic carbocycles. The lowest BCUT2D eigenvalue weighted by Crippen LogP contribution is -2.47. The van der Waals surface area contributed by atoms with Crippen molar-refractivity contribution in [3.63, 3.8) is 0 Å². The molecule has 1 aliphatic rings. The molecule has 0 N–H and O–H groups in total. The van der Waals surface area contributed by atoms with Gasteiger partial charge in [0.15, 0.2) is 9.84 Å². The zero-order chi connectivity index (χ0) is 26.9. The van der Waals surface area contributed by atoms with Crippen LogP contribution in [0.25, 0.3) is 0 Å². The van der Waals surface area contributed by atoms with Gasteiger partial charge in [-0.3, -0.25) is 4.79 Å². The third-order valence-electron chi connectivity index (χ3n) is 6.43. The molecule has 0 aromatic heterocycles. The Morgan fingerprint density at radius 3 is 2.25 bits per heavy atom. The lowest BCUT2D eigenvalue weighted by atomic mass is 9.89. The van der Waals surface area contributed by atoms with Crippen molar-refractivity contribution in [1.82, 2.24) is 0 Å². The predicted octanol–water partition coefficient (Wildman–Crippen LogP) is 6.03. The standard InChI is InChI=1S/C26H32Cl2FNO5S/c1-17(16-34-5)30(24(31)25(2,3)4)23-21(28)14-18(15-22(23)29)26(10-12-35-13-11-26)36(32,33)20-8-6-19(27)7-9-20/h6-9,14-15,17H,10-13,16H2,1-5H3. The average Bonchev–Trinajstić information content (AvgIpc) is 2.81. The lowest BCUT2D eigenvalue weighted by Gasteiger charge is -2.38. The van der Waals surface area contributed by atoms with Crippen LogP contribution < -0.4 is 4.90 Å². The second kappa shape index (κ2) is 11.0. The highest BCUT2D eigenvalue weighted by Crippen LogP contribution is 2.46. The molecule has 10 heteroatoms. The van der Waals surface area contributed by atoms with E-state index in [9.17, 15) is 13.2 Å². The van der Waals surface area contributed by atoms with Crippen molar-refractivity contribution in [2.24, 2.45) is 5.41 Å². The number of hydrogen-bond acceptors (Lipinski definition) is 5. The second-order valence-electron chi connectivity index (χ2n) is 10.1. The van der Waals surface area contributed by atoms with Gasteiger partial charge in [0.1, 0.15) is 10.6 Å². The Bertz CT molecular complexity index is 1180. The SMILES string of the molecule is COCC(C)N(C(=O)C(C)(C)C)c1c(F)cc(C2(S(=O)(=O)c3ccc(Cl)cc3)CCOCC2)cc1Cl. The Morgan fingerprint density at radius 2 is 1.75 bits per heavy atom. The van der Waals surface area contributed by atoms with Crippen LogP contribution in [0.3, 0.4) is 0 Å². The molecule has 1 atom stereocenters. The summed E-state index contributed by atoms with van der Waals surface area (Å²) in [7, 11) is -2.50. The summed E-state index contributed by atoms with van der Waals surface area (Å²) in [5.74, 6) is -1.12. The summed E-state index contributed by atoms with van der Waals surface area (Å²) >= 11 is 12.6. The molecule has 0 radical (unpaired) electrons. The van der Waals surface area contributed by atoms with Gasteiger partial charge in [0.05, 0.1) is 28.3 Å². The first kappa shape index (κ1) is 28.9. The Balaban J connectivity index is 2.20. The van der Waals surface area contributed by atoms with Crippen LogP contribution in [0, 0.1) is 11.2 Å². The van der Waals surface area contributed by atoms with Crippen LogP contribution in [0.15, 0.2) is 41.3 Å². The number of amides is 1. The first-order valence-electron chi connectivity index (χ1n) is 11.7. The summed E-state index contributed by atoms with van der Waals surface area (Å²) in [4.78, 5) is 14.7. The summed E-state index contributed by atoms with van der Waals surface area (Å²) in [6, 6.07) is 8.02. The Kier molecular flexibility index (Phi) is 8.78. The van der Waals surface area contributed by atoms with Crippen molar-refractivity contribution in [3.8, 4) is 0 Å². The molecule has 0 bridgehead atoms. The van der Waals surface area contributed by atoms with Crippen LogP contribution in [0.1, 0.15) is 46.1 Å². The van der Waals surface area contributed by atoms with E-state index in [-0.39, 0.29) is 59.7 Å². The third-order valence-corrected chi connectivity index (χ3v) is 9.54. The minimum Gasteiger partial charge on any atom is -0.383 e. The Hall–Kier alpha value is -1.71. The van der Waals surface area contributed by atoms with Crippen molar-refractivity contribution in [3.05, 3.63) is 57.8 Å². The summed E-state index contributed by atoms with van der Waals surface area (Å²) in [5.41, 5.74) is -0.707. The lowest BCUT2D eigenvalue weighted by molar-refractivity contribution is -0.126. The number of hydrogen-bond donors (Lipinski definition) is 0. The van der Waals surface area contributed by atoms with Crippen molar-refractivity contribution < 1.29 is 27.1 Å². The zero-order valence-corrected chi connectivity index (χ0v) is 23.4. The highest BCUT2D eigenvalue weighted by Gasteiger charge is 2.48. The van der Waals surface area contributed by atoms with Crippen molar-refractivity contribution in [2.75, 3.05) is 31.8 Å². The third kappa shape index (κ3) is 5.43. The minimum absolute atomic E-state index is 0.0530. The maximum Gasteiger partial charge on any atom is 0.232 e. The van der Waals surface area contributed by atoms with Crippen LogP contribution >= 0.6 is 23.2 Å². The van der Waals surface area contributed by atoms with E-state index in [0.717, 1.165) is 0 Å². The quantitative estimate of drug-likeness (QED) is 0.414. The smallest absolute Gasteiger partial charge is 0.232 e. The molecule has 0 saturated carbocycles. The van der Waals surface area contributed by atoms with Crippen LogP contribution in [0.5, 0.6) is 0 Å². The number of methoxy groups -OCH3 is 1. The number of sulfone groups is 1. The molecule has 1 unspecified atom stereocenters. The van der Waals surface area contributed by atoms with Crippen LogP contribution in [0.2, 0.25) is 10.0 Å². The first-order valence-corrected chi connectivity index (χ1v) is 13.9. The fourth-order valence-corrected chi connectivity index (χ4v) is 7.01. The van der Waals surface area contributed by atoms with Crippen LogP contribution in [-0.2, 0) is 28.9 Å². The number of anilines is 1. The molecule has 1 fully saturated rings. The molecule has 1 aliphatic heterocycles. The first-order chi connectivity index (χ1) is 16.8. The van der Waals surface area contributed by atoms with Gasteiger partial charge in [-0.05, 0) is 61.7 Å². The summed E-state index contributed by atoms with van der Waals surface area (Å²) in [6.07, 6.45) is 0.246. The monoisotopic (exact) mass is 559 g/mol. The number of rotatable bonds is 7. The molecule has 198 valence electrons. The number of carbonyl (C=O) groups is 1. The topological polar surface area (TPSA) is 72.9 Å². The molecule has 1 amide bonds. The molecule has 1 saturated heterocycles. The normalized spacial score (nSPS) is 17.0. The van der Waals surface area contributed by atoms with E-state index >= 15 is 4.39 Å². The van der Waals surface area contributed by atoms with Crippen molar-refractivity contribution >= 4 is 44.6 Å². The Labute approximate surface area is 222 Å². The van der Waals surface area contributed by atoms with E-state index in [1.54, 1.807) is 27.7 Å². The van der Waals surface area contributed by atoms with E-state index in [4.69, 9.17) is 32.7 Å². The highest BCUT2D eigenvalue weighted by molar-refractivity contribution is 7.92. The molecule has 3 rings (SSSR count). The second-order valence-corrected chi connectivity index (χ2v) is 13.2. The van der Waals surface area contributed by atoms with Gasteiger partial charge in [-0.25, -0.2) is 12.8 Å². The number of carbonyl (C=O) groups excluding carboxylic acids is 1. The number of nitrogens with zero attached hydrogens (tertiary/aromatic N) is 1. The summed E-state index contributed by atoms with van der Waals surface area (Å²) in [5, 5.41) is 0.352. The van der Waals surface area contributed by atoms with Gasteiger partial charge in [-0.15, -0.1) is 0 Å². The predicted molar refractivity (Wildman–Crippen MR) is 140 cm³/mol. The fourth-order valence-electron chi connectivity index (χ4n) is 4.51. The molecule has 2 aromatic rings. The zero-order valence-electron chi connectivity index (χ0n) is 21.1. The van der Waals surface area contributed by atoms with Crippen LogP contribution in [-0.4, -0.2) is 47.3 Å². The molecule has 0 spiro atoms. The van der Waals surface area contributed by atoms with Gasteiger partial charge >= 0.3 is 0 Å². The highest BCUT2D eigenvalue weighted by atomic mass is 35.5. The molecule has 36 heavy (non-hydrogen) atoms. The van der Waals surface area contributed by atoms with Gasteiger partial charge in [-0.2, -0.15) is 0 Å². The van der Waals surface area contributed by atoms with E-state index < -0.39 is 31.9 Å². The maximum atomic E-state index is 15.9. The van der Waals surface area contributed by atoms with E-state index in [1.807, 2.05) is 0 Å². The summed E-state index contributed by atoms with van der Waals surface area (Å²) in [6.45, 7) is 7.47. The molecule has 0 aliphatic carbocycles. The van der Waals surface area contributed by atoms with E-state index in [1.165, 1.54) is 48.4 Å². The number of halogens is 3. The molecular weight excluding hydrogens is 528 g/mol. The minimum atomic E-state index is -3.99. The average molecular weight is 561 g/mol. The molecule has 1 heterocycles. The van der Waals surface area contributed by atoms with E-state index in [2.05, 4.69) is 0 Å². The van der Waals surface area contributed by atoms with Gasteiger partial charge in [0, 0.05) is 30.8 Å². The molecule has 6 nitrogen and oxygen atoms in total. The fraction of sp³-hybridized carbons (Fsp3) is 0.500. The van der Waals surface area contributed by atoms with Gasteiger partial charge in [0.25, 0.3) is 0 Å². The summed E-state index contributed by atoms with van der Waals surface area (Å²) < 4.78 is 53.0. The van der Waals surface area contributed by atoms with Gasteiger partial charge in [-0.1, -0.05) is 44.0 Å². The van der Waals surface area contributed by atoms with Crippen LogP contribution in [0.4, 0.5) is 10.1 Å². The maximum absolute atomic E-state index is 15.9.